The number of hydrogen-bond donors (Lipinski definition) is 2. The maximum atomic E-state index is 11.0. The molecule has 0 heterocycles. The van der Waals surface area contributed by atoms with Crippen LogP contribution in [0.4, 0.5) is 0 Å². The summed E-state index contributed by atoms with van der Waals surface area (Å²) >= 11 is 0. The third-order valence-electron chi connectivity index (χ3n) is 1.42. The Bertz CT molecular complexity index is 203. The standard InChI is InChI=1S/C8H15N3O/c1-6(10)7(12)11-5-8(2,3)4-9/h6H,5,10H2,1-3H3,(H,11,12). The van der Waals surface area contributed by atoms with Crippen molar-refractivity contribution in [3.8, 4) is 6.07 Å². The highest BCUT2D eigenvalue weighted by atomic mass is 16.2. The van der Waals surface area contributed by atoms with Gasteiger partial charge >= 0.3 is 0 Å². The molecule has 3 N–H and O–H groups in total. The second kappa shape index (κ2) is 4.07. The predicted octanol–water partition coefficient (Wildman–Crippen LogP) is -0.000420. The summed E-state index contributed by atoms with van der Waals surface area (Å²) in [6, 6.07) is 1.57. The number of carbonyl (C=O) groups is 1. The van der Waals surface area contributed by atoms with E-state index in [0.29, 0.717) is 6.54 Å². The molecule has 0 aliphatic carbocycles. The summed E-state index contributed by atoms with van der Waals surface area (Å²) < 4.78 is 0. The summed E-state index contributed by atoms with van der Waals surface area (Å²) in [6.07, 6.45) is 0. The van der Waals surface area contributed by atoms with E-state index in [0.717, 1.165) is 0 Å². The van der Waals surface area contributed by atoms with E-state index >= 15 is 0 Å². The minimum absolute atomic E-state index is 0.224. The number of nitrogens with zero attached hydrogens (tertiary/aromatic N) is 1. The lowest BCUT2D eigenvalue weighted by Gasteiger charge is -2.16. The molecule has 4 nitrogen and oxygen atoms in total. The first-order valence-electron chi connectivity index (χ1n) is 3.83. The second-order valence-electron chi connectivity index (χ2n) is 3.50. The van der Waals surface area contributed by atoms with Gasteiger partial charge in [-0.15, -0.1) is 0 Å². The number of nitrogens with one attached hydrogen (secondary N) is 1. The van der Waals surface area contributed by atoms with Crippen molar-refractivity contribution in [2.75, 3.05) is 6.54 Å². The summed E-state index contributed by atoms with van der Waals surface area (Å²) in [7, 11) is 0. The van der Waals surface area contributed by atoms with Gasteiger partial charge in [0.2, 0.25) is 5.91 Å². The molecule has 1 atom stereocenters. The van der Waals surface area contributed by atoms with Crippen molar-refractivity contribution >= 4 is 5.91 Å². The highest BCUT2D eigenvalue weighted by Gasteiger charge is 2.18. The fourth-order valence-corrected chi connectivity index (χ4v) is 0.509. The Kier molecular flexibility index (Phi) is 3.71. The molecule has 0 bridgehead atoms. The molecule has 4 heteroatoms. The Hall–Kier alpha value is -1.08. The van der Waals surface area contributed by atoms with E-state index in [1.807, 2.05) is 0 Å². The molecule has 0 fully saturated rings. The van der Waals surface area contributed by atoms with Gasteiger partial charge in [-0.3, -0.25) is 4.79 Å². The van der Waals surface area contributed by atoms with Crippen molar-refractivity contribution in [1.82, 2.24) is 5.32 Å². The van der Waals surface area contributed by atoms with Crippen LogP contribution in [0.25, 0.3) is 0 Å². The van der Waals surface area contributed by atoms with Crippen LogP contribution in [0.2, 0.25) is 0 Å². The molecule has 0 spiro atoms. The highest BCUT2D eigenvalue weighted by Crippen LogP contribution is 2.10. The van der Waals surface area contributed by atoms with Gasteiger partial charge in [0.05, 0.1) is 17.5 Å². The molecule has 0 saturated heterocycles. The van der Waals surface area contributed by atoms with E-state index in [9.17, 15) is 4.79 Å². The van der Waals surface area contributed by atoms with E-state index in [1.165, 1.54) is 0 Å². The summed E-state index contributed by atoms with van der Waals surface area (Å²) in [6.45, 7) is 5.46. The topological polar surface area (TPSA) is 78.9 Å². The van der Waals surface area contributed by atoms with Crippen LogP contribution in [-0.4, -0.2) is 18.5 Å². The molecule has 12 heavy (non-hydrogen) atoms. The summed E-state index contributed by atoms with van der Waals surface area (Å²) in [5.74, 6) is -0.224. The van der Waals surface area contributed by atoms with Crippen LogP contribution >= 0.6 is 0 Å². The number of nitriles is 1. The summed E-state index contributed by atoms with van der Waals surface area (Å²) in [5, 5.41) is 11.2. The number of carbonyl (C=O) groups excluding carboxylic acids is 1. The maximum absolute atomic E-state index is 11.0. The van der Waals surface area contributed by atoms with E-state index in [-0.39, 0.29) is 5.91 Å². The first kappa shape index (κ1) is 10.9. The second-order valence-corrected chi connectivity index (χ2v) is 3.50. The quantitative estimate of drug-likeness (QED) is 0.624. The number of nitrogens with two attached hydrogens (primary N) is 1. The van der Waals surface area contributed by atoms with Gasteiger partial charge in [-0.2, -0.15) is 5.26 Å². The van der Waals surface area contributed by atoms with Crippen molar-refractivity contribution in [3.05, 3.63) is 0 Å². The molecule has 0 radical (unpaired) electrons. The van der Waals surface area contributed by atoms with Gasteiger partial charge in [0, 0.05) is 6.54 Å². The Morgan fingerprint density at radius 3 is 2.58 bits per heavy atom. The monoisotopic (exact) mass is 169 g/mol. The highest BCUT2D eigenvalue weighted by molar-refractivity contribution is 5.80. The fourth-order valence-electron chi connectivity index (χ4n) is 0.509. The predicted molar refractivity (Wildman–Crippen MR) is 46.1 cm³/mol. The van der Waals surface area contributed by atoms with Crippen LogP contribution in [0.15, 0.2) is 0 Å². The Balaban J connectivity index is 3.86. The Morgan fingerprint density at radius 2 is 2.25 bits per heavy atom. The van der Waals surface area contributed by atoms with Crippen LogP contribution < -0.4 is 11.1 Å². The minimum Gasteiger partial charge on any atom is -0.353 e. The van der Waals surface area contributed by atoms with Crippen LogP contribution in [0.3, 0.4) is 0 Å². The molecular weight excluding hydrogens is 154 g/mol. The van der Waals surface area contributed by atoms with Crippen molar-refractivity contribution in [2.45, 2.75) is 26.8 Å². The largest absolute Gasteiger partial charge is 0.353 e. The van der Waals surface area contributed by atoms with Gasteiger partial charge < -0.3 is 11.1 Å². The number of amides is 1. The Labute approximate surface area is 72.7 Å². The molecule has 0 saturated carbocycles. The van der Waals surface area contributed by atoms with Crippen molar-refractivity contribution in [1.29, 1.82) is 5.26 Å². The molecule has 0 aromatic heterocycles. The first-order chi connectivity index (χ1) is 5.39. The lowest BCUT2D eigenvalue weighted by molar-refractivity contribution is -0.122. The minimum atomic E-state index is -0.523. The van der Waals surface area contributed by atoms with Crippen molar-refractivity contribution in [2.24, 2.45) is 11.1 Å². The average molecular weight is 169 g/mol. The third kappa shape index (κ3) is 3.94. The van der Waals surface area contributed by atoms with Gasteiger partial charge in [-0.05, 0) is 20.8 Å². The van der Waals surface area contributed by atoms with Crippen molar-refractivity contribution < 1.29 is 4.79 Å². The fraction of sp³-hybridized carbons (Fsp3) is 0.750. The smallest absolute Gasteiger partial charge is 0.236 e. The van der Waals surface area contributed by atoms with Crippen LogP contribution in [-0.2, 0) is 4.79 Å². The van der Waals surface area contributed by atoms with Crippen LogP contribution in [0, 0.1) is 16.7 Å². The van der Waals surface area contributed by atoms with E-state index in [4.69, 9.17) is 11.0 Å². The van der Waals surface area contributed by atoms with Gasteiger partial charge in [-0.25, -0.2) is 0 Å². The van der Waals surface area contributed by atoms with Crippen molar-refractivity contribution in [3.63, 3.8) is 0 Å². The van der Waals surface area contributed by atoms with E-state index in [2.05, 4.69) is 11.4 Å². The molecule has 0 aromatic carbocycles. The molecule has 0 aliphatic heterocycles. The van der Waals surface area contributed by atoms with Crippen LogP contribution in [0.1, 0.15) is 20.8 Å². The average Bonchev–Trinajstić information content (AvgIpc) is 2.00. The zero-order valence-electron chi connectivity index (χ0n) is 7.72. The zero-order valence-corrected chi connectivity index (χ0v) is 7.72. The first-order valence-corrected chi connectivity index (χ1v) is 3.83. The van der Waals surface area contributed by atoms with Gasteiger partial charge in [0.1, 0.15) is 0 Å². The molecule has 68 valence electrons. The maximum Gasteiger partial charge on any atom is 0.236 e. The summed E-state index contributed by atoms with van der Waals surface area (Å²) in [5.41, 5.74) is 4.79. The van der Waals surface area contributed by atoms with E-state index < -0.39 is 11.5 Å². The molecule has 1 amide bonds. The lowest BCUT2D eigenvalue weighted by atomic mass is 9.96. The lowest BCUT2D eigenvalue weighted by Crippen LogP contribution is -2.42. The Morgan fingerprint density at radius 1 is 1.75 bits per heavy atom. The number of hydrogen-bond acceptors (Lipinski definition) is 3. The molecule has 0 aromatic rings. The molecule has 1 unspecified atom stereocenters. The molecule has 0 rings (SSSR count). The third-order valence-corrected chi connectivity index (χ3v) is 1.42. The van der Waals surface area contributed by atoms with Gasteiger partial charge in [0.15, 0.2) is 0 Å². The van der Waals surface area contributed by atoms with E-state index in [1.54, 1.807) is 20.8 Å². The normalized spacial score (nSPS) is 13.2. The zero-order chi connectivity index (χ0) is 9.78. The van der Waals surface area contributed by atoms with Gasteiger partial charge in [0.25, 0.3) is 0 Å². The molecular formula is C8H15N3O. The number of rotatable bonds is 3. The van der Waals surface area contributed by atoms with Crippen LogP contribution in [0.5, 0.6) is 0 Å². The molecule has 0 aliphatic rings. The van der Waals surface area contributed by atoms with Gasteiger partial charge in [-0.1, -0.05) is 0 Å². The SMILES string of the molecule is CC(N)C(=O)NCC(C)(C)C#N. The summed E-state index contributed by atoms with van der Waals surface area (Å²) in [4.78, 5) is 11.0.